The molecule has 0 aromatic heterocycles. The Morgan fingerprint density at radius 3 is 2.61 bits per heavy atom. The third kappa shape index (κ3) is 4.34. The highest BCUT2D eigenvalue weighted by atomic mass is 16.3. The summed E-state index contributed by atoms with van der Waals surface area (Å²) in [6.45, 7) is 11.2. The van der Waals surface area contributed by atoms with Crippen molar-refractivity contribution in [3.63, 3.8) is 0 Å². The summed E-state index contributed by atoms with van der Waals surface area (Å²) in [5.74, 6) is 0.962. The van der Waals surface area contributed by atoms with Crippen LogP contribution in [0.1, 0.15) is 39.7 Å². The number of rotatable bonds is 7. The van der Waals surface area contributed by atoms with E-state index in [9.17, 15) is 5.11 Å². The minimum atomic E-state index is 0.225. The molecule has 0 amide bonds. The SMILES string of the molecule is CCCNCC(C)(Cc1cccc(O)c1)C(C)C. The number of hydrogen-bond acceptors (Lipinski definition) is 2. The molecule has 0 saturated carbocycles. The van der Waals surface area contributed by atoms with Gasteiger partial charge in [-0.3, -0.25) is 0 Å². The highest BCUT2D eigenvalue weighted by Gasteiger charge is 2.28. The van der Waals surface area contributed by atoms with Gasteiger partial charge in [0.05, 0.1) is 0 Å². The molecule has 0 fully saturated rings. The van der Waals surface area contributed by atoms with E-state index in [1.807, 2.05) is 12.1 Å². The Hall–Kier alpha value is -1.02. The molecule has 1 aromatic rings. The average molecular weight is 249 g/mol. The summed E-state index contributed by atoms with van der Waals surface area (Å²) in [6.07, 6.45) is 2.16. The lowest BCUT2D eigenvalue weighted by Gasteiger charge is -2.34. The van der Waals surface area contributed by atoms with Crippen molar-refractivity contribution in [1.29, 1.82) is 0 Å². The number of aromatic hydroxyl groups is 1. The van der Waals surface area contributed by atoms with Crippen molar-refractivity contribution >= 4 is 0 Å². The molecule has 0 saturated heterocycles. The normalized spacial score (nSPS) is 14.7. The first-order valence-electron chi connectivity index (χ1n) is 6.96. The summed E-state index contributed by atoms with van der Waals surface area (Å²) in [4.78, 5) is 0. The minimum Gasteiger partial charge on any atom is -0.508 e. The van der Waals surface area contributed by atoms with Crippen molar-refractivity contribution < 1.29 is 5.11 Å². The molecule has 1 aromatic carbocycles. The van der Waals surface area contributed by atoms with E-state index >= 15 is 0 Å². The zero-order valence-electron chi connectivity index (χ0n) is 12.2. The van der Waals surface area contributed by atoms with Crippen LogP contribution < -0.4 is 5.32 Å². The van der Waals surface area contributed by atoms with Gasteiger partial charge in [-0.05, 0) is 48.4 Å². The van der Waals surface area contributed by atoms with Gasteiger partial charge in [-0.15, -0.1) is 0 Å². The van der Waals surface area contributed by atoms with Crippen molar-refractivity contribution in [3.05, 3.63) is 29.8 Å². The predicted molar refractivity (Wildman–Crippen MR) is 77.9 cm³/mol. The molecule has 1 rings (SSSR count). The predicted octanol–water partition coefficient (Wildman–Crippen LogP) is 3.60. The average Bonchev–Trinajstić information content (AvgIpc) is 2.29. The second-order valence-electron chi connectivity index (χ2n) is 5.83. The van der Waals surface area contributed by atoms with Crippen LogP contribution in [0, 0.1) is 11.3 Å². The van der Waals surface area contributed by atoms with Crippen LogP contribution in [0.3, 0.4) is 0 Å². The van der Waals surface area contributed by atoms with Crippen LogP contribution in [-0.4, -0.2) is 18.2 Å². The molecule has 0 spiro atoms. The summed E-state index contributed by atoms with van der Waals surface area (Å²) in [6, 6.07) is 7.62. The van der Waals surface area contributed by atoms with Gasteiger partial charge in [-0.2, -0.15) is 0 Å². The molecule has 2 N–H and O–H groups in total. The van der Waals surface area contributed by atoms with E-state index in [0.717, 1.165) is 19.5 Å². The quantitative estimate of drug-likeness (QED) is 0.724. The first-order valence-corrected chi connectivity index (χ1v) is 6.96. The lowest BCUT2D eigenvalue weighted by molar-refractivity contribution is 0.207. The lowest BCUT2D eigenvalue weighted by atomic mass is 9.74. The van der Waals surface area contributed by atoms with Crippen LogP contribution in [0.15, 0.2) is 24.3 Å². The topological polar surface area (TPSA) is 32.3 Å². The summed E-state index contributed by atoms with van der Waals surface area (Å²) < 4.78 is 0. The zero-order valence-corrected chi connectivity index (χ0v) is 12.2. The Kier molecular flexibility index (Phi) is 5.67. The molecule has 0 aliphatic carbocycles. The molecule has 1 unspecified atom stereocenters. The summed E-state index contributed by atoms with van der Waals surface area (Å²) in [7, 11) is 0. The zero-order chi connectivity index (χ0) is 13.6. The number of nitrogens with one attached hydrogen (secondary N) is 1. The number of phenolic OH excluding ortho intramolecular Hbond substituents is 1. The van der Waals surface area contributed by atoms with E-state index in [4.69, 9.17) is 0 Å². The first-order chi connectivity index (χ1) is 8.48. The van der Waals surface area contributed by atoms with Gasteiger partial charge >= 0.3 is 0 Å². The fourth-order valence-electron chi connectivity index (χ4n) is 2.15. The fourth-order valence-corrected chi connectivity index (χ4v) is 2.15. The van der Waals surface area contributed by atoms with Crippen LogP contribution in [0.5, 0.6) is 5.75 Å². The fraction of sp³-hybridized carbons (Fsp3) is 0.625. The summed E-state index contributed by atoms with van der Waals surface area (Å²) in [5.41, 5.74) is 1.44. The van der Waals surface area contributed by atoms with Gasteiger partial charge in [0.1, 0.15) is 5.75 Å². The Labute approximate surface area is 111 Å². The third-order valence-electron chi connectivity index (χ3n) is 3.87. The van der Waals surface area contributed by atoms with E-state index in [-0.39, 0.29) is 5.41 Å². The molecule has 0 aliphatic heterocycles. The molecule has 0 aliphatic rings. The van der Waals surface area contributed by atoms with Crippen LogP contribution in [0.4, 0.5) is 0 Å². The number of hydrogen-bond donors (Lipinski definition) is 2. The van der Waals surface area contributed by atoms with Gasteiger partial charge in [-0.1, -0.05) is 39.8 Å². The Balaban J connectivity index is 2.72. The van der Waals surface area contributed by atoms with Crippen LogP contribution in [0.25, 0.3) is 0 Å². The van der Waals surface area contributed by atoms with Gasteiger partial charge in [-0.25, -0.2) is 0 Å². The molecule has 2 heteroatoms. The maximum atomic E-state index is 9.55. The van der Waals surface area contributed by atoms with Gasteiger partial charge in [0.25, 0.3) is 0 Å². The Morgan fingerprint density at radius 1 is 1.33 bits per heavy atom. The van der Waals surface area contributed by atoms with E-state index in [2.05, 4.69) is 39.1 Å². The smallest absolute Gasteiger partial charge is 0.115 e. The van der Waals surface area contributed by atoms with Gasteiger partial charge in [0.15, 0.2) is 0 Å². The van der Waals surface area contributed by atoms with E-state index in [1.165, 1.54) is 12.0 Å². The Morgan fingerprint density at radius 2 is 2.06 bits per heavy atom. The lowest BCUT2D eigenvalue weighted by Crippen LogP contribution is -2.38. The second-order valence-corrected chi connectivity index (χ2v) is 5.83. The van der Waals surface area contributed by atoms with Crippen molar-refractivity contribution in [2.45, 2.75) is 40.5 Å². The van der Waals surface area contributed by atoms with Gasteiger partial charge in [0, 0.05) is 6.54 Å². The summed E-state index contributed by atoms with van der Waals surface area (Å²) >= 11 is 0. The highest BCUT2D eigenvalue weighted by molar-refractivity contribution is 5.28. The van der Waals surface area contributed by atoms with Crippen molar-refractivity contribution in [1.82, 2.24) is 5.32 Å². The van der Waals surface area contributed by atoms with Crippen LogP contribution >= 0.6 is 0 Å². The molecular formula is C16H27NO. The molecule has 0 bridgehead atoms. The van der Waals surface area contributed by atoms with E-state index < -0.39 is 0 Å². The molecule has 18 heavy (non-hydrogen) atoms. The van der Waals surface area contributed by atoms with Crippen LogP contribution in [-0.2, 0) is 6.42 Å². The van der Waals surface area contributed by atoms with Crippen molar-refractivity contribution in [2.75, 3.05) is 13.1 Å². The van der Waals surface area contributed by atoms with E-state index in [0.29, 0.717) is 11.7 Å². The highest BCUT2D eigenvalue weighted by Crippen LogP contribution is 2.31. The van der Waals surface area contributed by atoms with Crippen molar-refractivity contribution in [2.24, 2.45) is 11.3 Å². The van der Waals surface area contributed by atoms with Crippen molar-refractivity contribution in [3.8, 4) is 5.75 Å². The molecular weight excluding hydrogens is 222 g/mol. The standard InChI is InChI=1S/C16H27NO/c1-5-9-17-12-16(4,13(2)3)11-14-7-6-8-15(18)10-14/h6-8,10,13,17-18H,5,9,11-12H2,1-4H3. The van der Waals surface area contributed by atoms with Crippen LogP contribution in [0.2, 0.25) is 0 Å². The monoisotopic (exact) mass is 249 g/mol. The van der Waals surface area contributed by atoms with Gasteiger partial charge in [0.2, 0.25) is 0 Å². The second kappa shape index (κ2) is 6.79. The number of phenols is 1. The third-order valence-corrected chi connectivity index (χ3v) is 3.87. The largest absolute Gasteiger partial charge is 0.508 e. The maximum Gasteiger partial charge on any atom is 0.115 e. The molecule has 1 atom stereocenters. The van der Waals surface area contributed by atoms with E-state index in [1.54, 1.807) is 6.07 Å². The molecule has 0 heterocycles. The Bertz CT molecular complexity index is 362. The molecule has 0 radical (unpaired) electrons. The molecule has 2 nitrogen and oxygen atoms in total. The summed E-state index contributed by atoms with van der Waals surface area (Å²) in [5, 5.41) is 13.1. The maximum absolute atomic E-state index is 9.55. The minimum absolute atomic E-state index is 0.225. The first kappa shape index (κ1) is 15.0. The molecule has 102 valence electrons. The number of benzene rings is 1. The van der Waals surface area contributed by atoms with Gasteiger partial charge < -0.3 is 10.4 Å².